The van der Waals surface area contributed by atoms with Crippen molar-refractivity contribution in [2.24, 2.45) is 0 Å². The monoisotopic (exact) mass is 373 g/mol. The van der Waals surface area contributed by atoms with Crippen LogP contribution in [-0.4, -0.2) is 22.8 Å². The van der Waals surface area contributed by atoms with Gasteiger partial charge in [-0.05, 0) is 35.7 Å². The third-order valence-electron chi connectivity index (χ3n) is 5.29. The molecule has 1 aliphatic rings. The minimum Gasteiger partial charge on any atom is -0.349 e. The zero-order chi connectivity index (χ0) is 19.3. The maximum absolute atomic E-state index is 12.9. The minimum atomic E-state index is -0.241. The minimum absolute atomic E-state index is 0.187. The summed E-state index contributed by atoms with van der Waals surface area (Å²) in [5.41, 5.74) is 1.44. The van der Waals surface area contributed by atoms with Gasteiger partial charge in [0.25, 0.3) is 11.8 Å². The number of fused-ring (bicyclic) bond motifs is 1. The summed E-state index contributed by atoms with van der Waals surface area (Å²) in [5, 5.41) is 7.86. The Kier molecular flexibility index (Phi) is 5.33. The van der Waals surface area contributed by atoms with E-state index in [0.29, 0.717) is 16.8 Å². The largest absolute Gasteiger partial charge is 0.349 e. The van der Waals surface area contributed by atoms with Crippen LogP contribution in [0.1, 0.15) is 52.8 Å². The smallest absolute Gasteiger partial charge is 0.256 e. The van der Waals surface area contributed by atoms with E-state index in [0.717, 1.165) is 36.5 Å². The van der Waals surface area contributed by atoms with Crippen molar-refractivity contribution in [2.45, 2.75) is 38.1 Å². The highest BCUT2D eigenvalue weighted by molar-refractivity contribution is 6.14. The van der Waals surface area contributed by atoms with Gasteiger partial charge >= 0.3 is 0 Å². The Balaban J connectivity index is 1.56. The number of pyridine rings is 1. The van der Waals surface area contributed by atoms with Crippen LogP contribution in [0.5, 0.6) is 0 Å². The first-order valence-electron chi connectivity index (χ1n) is 9.76. The molecule has 5 nitrogen and oxygen atoms in total. The summed E-state index contributed by atoms with van der Waals surface area (Å²) in [4.78, 5) is 29.8. The molecule has 0 spiro atoms. The standard InChI is InChI=1S/C23H23N3O2/c27-22(19-12-6-8-16-7-4-5-11-18(16)19)26-21-13-14-24-15-20(21)23(28)25-17-9-2-1-3-10-17/h4-8,11-15,17H,1-3,9-10H2,(H,25,28)(H,24,26,27). The molecule has 0 aliphatic heterocycles. The molecule has 0 atom stereocenters. The molecule has 0 bridgehead atoms. The number of aromatic nitrogens is 1. The molecule has 2 N–H and O–H groups in total. The first-order chi connectivity index (χ1) is 13.7. The number of carbonyl (C=O) groups excluding carboxylic acids is 2. The molecule has 142 valence electrons. The van der Waals surface area contributed by atoms with Crippen LogP contribution in [0.25, 0.3) is 10.8 Å². The Bertz CT molecular complexity index is 1000. The molecule has 2 amide bonds. The van der Waals surface area contributed by atoms with Gasteiger partial charge in [-0.2, -0.15) is 0 Å². The van der Waals surface area contributed by atoms with Gasteiger partial charge in [0.2, 0.25) is 0 Å². The van der Waals surface area contributed by atoms with Crippen molar-refractivity contribution in [2.75, 3.05) is 5.32 Å². The molecule has 1 saturated carbocycles. The average Bonchev–Trinajstić information content (AvgIpc) is 2.74. The van der Waals surface area contributed by atoms with E-state index in [4.69, 9.17) is 0 Å². The van der Waals surface area contributed by atoms with Gasteiger partial charge in [-0.15, -0.1) is 0 Å². The predicted octanol–water partition coefficient (Wildman–Crippen LogP) is 4.55. The molecule has 4 rings (SSSR count). The van der Waals surface area contributed by atoms with Gasteiger partial charge in [0.15, 0.2) is 0 Å². The van der Waals surface area contributed by atoms with Crippen molar-refractivity contribution in [1.82, 2.24) is 10.3 Å². The van der Waals surface area contributed by atoms with E-state index in [-0.39, 0.29) is 17.9 Å². The van der Waals surface area contributed by atoms with Crippen LogP contribution >= 0.6 is 0 Å². The van der Waals surface area contributed by atoms with Gasteiger partial charge in [0.1, 0.15) is 0 Å². The van der Waals surface area contributed by atoms with Crippen molar-refractivity contribution in [3.05, 3.63) is 72.1 Å². The fourth-order valence-corrected chi connectivity index (χ4v) is 3.81. The topological polar surface area (TPSA) is 71.1 Å². The van der Waals surface area contributed by atoms with Gasteiger partial charge in [0, 0.05) is 24.0 Å². The first kappa shape index (κ1) is 18.2. The van der Waals surface area contributed by atoms with Gasteiger partial charge in [0.05, 0.1) is 11.3 Å². The average molecular weight is 373 g/mol. The fraction of sp³-hybridized carbons (Fsp3) is 0.261. The Morgan fingerprint density at radius 1 is 0.857 bits per heavy atom. The van der Waals surface area contributed by atoms with E-state index in [2.05, 4.69) is 15.6 Å². The second-order valence-corrected chi connectivity index (χ2v) is 7.21. The van der Waals surface area contributed by atoms with Gasteiger partial charge < -0.3 is 10.6 Å². The molecule has 1 heterocycles. The Morgan fingerprint density at radius 3 is 2.50 bits per heavy atom. The Labute approximate surface area is 164 Å². The number of rotatable bonds is 4. The molecule has 2 aromatic carbocycles. The van der Waals surface area contributed by atoms with E-state index in [1.165, 1.54) is 12.6 Å². The number of carbonyl (C=O) groups is 2. The van der Waals surface area contributed by atoms with Crippen LogP contribution in [0, 0.1) is 0 Å². The fourth-order valence-electron chi connectivity index (χ4n) is 3.81. The highest BCUT2D eigenvalue weighted by Crippen LogP contribution is 2.22. The van der Waals surface area contributed by atoms with Crippen LogP contribution in [-0.2, 0) is 0 Å². The normalized spacial score (nSPS) is 14.6. The lowest BCUT2D eigenvalue weighted by molar-refractivity contribution is 0.0928. The van der Waals surface area contributed by atoms with Crippen molar-refractivity contribution in [3.8, 4) is 0 Å². The first-order valence-corrected chi connectivity index (χ1v) is 9.76. The van der Waals surface area contributed by atoms with Gasteiger partial charge in [-0.25, -0.2) is 0 Å². The molecule has 3 aromatic rings. The van der Waals surface area contributed by atoms with Crippen LogP contribution in [0.4, 0.5) is 5.69 Å². The lowest BCUT2D eigenvalue weighted by Gasteiger charge is -2.23. The summed E-state index contributed by atoms with van der Waals surface area (Å²) in [6, 6.07) is 15.2. The molecule has 1 fully saturated rings. The lowest BCUT2D eigenvalue weighted by Crippen LogP contribution is -2.36. The molecule has 0 unspecified atom stereocenters. The number of nitrogens with zero attached hydrogens (tertiary/aromatic N) is 1. The van der Waals surface area contributed by atoms with E-state index in [9.17, 15) is 9.59 Å². The molecular formula is C23H23N3O2. The van der Waals surface area contributed by atoms with Gasteiger partial charge in [-0.3, -0.25) is 14.6 Å². The molecule has 1 aromatic heterocycles. The van der Waals surface area contributed by atoms with Crippen LogP contribution < -0.4 is 10.6 Å². The Hall–Kier alpha value is -3.21. The van der Waals surface area contributed by atoms with E-state index >= 15 is 0 Å². The zero-order valence-electron chi connectivity index (χ0n) is 15.7. The van der Waals surface area contributed by atoms with Crippen LogP contribution in [0.15, 0.2) is 60.9 Å². The molecule has 0 saturated heterocycles. The molecule has 0 radical (unpaired) electrons. The summed E-state index contributed by atoms with van der Waals surface area (Å²) in [6.45, 7) is 0. The van der Waals surface area contributed by atoms with Gasteiger partial charge in [-0.1, -0.05) is 55.7 Å². The predicted molar refractivity (Wildman–Crippen MR) is 110 cm³/mol. The third-order valence-corrected chi connectivity index (χ3v) is 5.29. The number of benzene rings is 2. The van der Waals surface area contributed by atoms with Crippen molar-refractivity contribution in [1.29, 1.82) is 0 Å². The molecule has 28 heavy (non-hydrogen) atoms. The van der Waals surface area contributed by atoms with Crippen LogP contribution in [0.2, 0.25) is 0 Å². The number of amides is 2. The highest BCUT2D eigenvalue weighted by atomic mass is 16.2. The number of anilines is 1. The van der Waals surface area contributed by atoms with Crippen molar-refractivity contribution < 1.29 is 9.59 Å². The summed E-state index contributed by atoms with van der Waals surface area (Å²) in [6.07, 6.45) is 8.61. The second kappa shape index (κ2) is 8.21. The zero-order valence-corrected chi connectivity index (χ0v) is 15.7. The number of hydrogen-bond acceptors (Lipinski definition) is 3. The maximum atomic E-state index is 12.9. The SMILES string of the molecule is O=C(NC1CCCCC1)c1cnccc1NC(=O)c1cccc2ccccc12. The lowest BCUT2D eigenvalue weighted by atomic mass is 9.95. The van der Waals surface area contributed by atoms with E-state index < -0.39 is 0 Å². The highest BCUT2D eigenvalue weighted by Gasteiger charge is 2.20. The van der Waals surface area contributed by atoms with Crippen molar-refractivity contribution >= 4 is 28.3 Å². The van der Waals surface area contributed by atoms with E-state index in [1.807, 2.05) is 36.4 Å². The molecule has 5 heteroatoms. The molecular weight excluding hydrogens is 350 g/mol. The third kappa shape index (κ3) is 3.88. The summed E-state index contributed by atoms with van der Waals surface area (Å²) < 4.78 is 0. The quantitative estimate of drug-likeness (QED) is 0.705. The maximum Gasteiger partial charge on any atom is 0.256 e. The van der Waals surface area contributed by atoms with Crippen LogP contribution in [0.3, 0.4) is 0 Å². The second-order valence-electron chi connectivity index (χ2n) is 7.21. The summed E-state index contributed by atoms with van der Waals surface area (Å²) in [5.74, 6) is -0.428. The van der Waals surface area contributed by atoms with E-state index in [1.54, 1.807) is 18.3 Å². The Morgan fingerprint density at radius 2 is 1.64 bits per heavy atom. The summed E-state index contributed by atoms with van der Waals surface area (Å²) >= 11 is 0. The number of hydrogen-bond donors (Lipinski definition) is 2. The van der Waals surface area contributed by atoms with Crippen molar-refractivity contribution in [3.63, 3.8) is 0 Å². The molecule has 1 aliphatic carbocycles. The number of nitrogens with one attached hydrogen (secondary N) is 2. The summed E-state index contributed by atoms with van der Waals surface area (Å²) in [7, 11) is 0.